The molecular formula is C14H17ClN6. The molecule has 6 nitrogen and oxygen atoms in total. The number of hydrazine groups is 1. The first-order valence-electron chi connectivity index (χ1n) is 6.80. The molecule has 3 N–H and O–H groups in total. The van der Waals surface area contributed by atoms with Crippen LogP contribution in [0.25, 0.3) is 0 Å². The third-order valence-electron chi connectivity index (χ3n) is 3.58. The second kappa shape index (κ2) is 6.15. The number of rotatable bonds is 3. The fourth-order valence-electron chi connectivity index (χ4n) is 2.47. The number of benzene rings is 1. The molecule has 2 aromatic rings. The van der Waals surface area contributed by atoms with E-state index in [-0.39, 0.29) is 0 Å². The maximum atomic E-state index is 6.05. The van der Waals surface area contributed by atoms with E-state index >= 15 is 0 Å². The van der Waals surface area contributed by atoms with Crippen molar-refractivity contribution < 1.29 is 0 Å². The van der Waals surface area contributed by atoms with Crippen molar-refractivity contribution in [1.29, 1.82) is 0 Å². The van der Waals surface area contributed by atoms with Crippen LogP contribution in [-0.2, 0) is 0 Å². The Bertz CT molecular complexity index is 612. The lowest BCUT2D eigenvalue weighted by atomic mass is 10.2. The molecule has 110 valence electrons. The number of nitrogens with zero attached hydrogens (tertiary/aromatic N) is 4. The van der Waals surface area contributed by atoms with Gasteiger partial charge in [-0.1, -0.05) is 17.7 Å². The summed E-state index contributed by atoms with van der Waals surface area (Å²) in [5, 5.41) is 0.768. The molecule has 0 unspecified atom stereocenters. The van der Waals surface area contributed by atoms with E-state index in [2.05, 4.69) is 31.3 Å². The van der Waals surface area contributed by atoms with Crippen molar-refractivity contribution in [3.05, 3.63) is 41.7 Å². The fourth-order valence-corrected chi connectivity index (χ4v) is 2.65. The van der Waals surface area contributed by atoms with E-state index in [0.29, 0.717) is 5.82 Å². The highest BCUT2D eigenvalue weighted by Crippen LogP contribution is 2.22. The lowest BCUT2D eigenvalue weighted by Crippen LogP contribution is -2.46. The van der Waals surface area contributed by atoms with Crippen molar-refractivity contribution in [2.45, 2.75) is 0 Å². The quantitative estimate of drug-likeness (QED) is 0.665. The van der Waals surface area contributed by atoms with Gasteiger partial charge in [-0.15, -0.1) is 0 Å². The number of piperazine rings is 1. The summed E-state index contributed by atoms with van der Waals surface area (Å²) in [6, 6.07) is 9.81. The van der Waals surface area contributed by atoms with Crippen LogP contribution in [0.4, 0.5) is 17.3 Å². The van der Waals surface area contributed by atoms with Gasteiger partial charge < -0.3 is 15.2 Å². The number of nitrogens with two attached hydrogens (primary N) is 1. The Balaban J connectivity index is 1.67. The minimum atomic E-state index is 0.622. The van der Waals surface area contributed by atoms with E-state index < -0.39 is 0 Å². The first kappa shape index (κ1) is 13.9. The van der Waals surface area contributed by atoms with Gasteiger partial charge in [0.05, 0.1) is 0 Å². The molecular weight excluding hydrogens is 288 g/mol. The van der Waals surface area contributed by atoms with Gasteiger partial charge in [-0.25, -0.2) is 15.8 Å². The summed E-state index contributed by atoms with van der Waals surface area (Å²) in [4.78, 5) is 12.9. The Hall–Kier alpha value is -2.05. The highest BCUT2D eigenvalue weighted by Gasteiger charge is 2.18. The number of hydrogen-bond acceptors (Lipinski definition) is 6. The molecule has 7 heteroatoms. The van der Waals surface area contributed by atoms with Crippen LogP contribution < -0.4 is 21.1 Å². The summed E-state index contributed by atoms with van der Waals surface area (Å²) in [5.41, 5.74) is 3.71. The van der Waals surface area contributed by atoms with Gasteiger partial charge >= 0.3 is 0 Å². The fraction of sp³-hybridized carbons (Fsp3) is 0.286. The maximum absolute atomic E-state index is 6.05. The molecule has 0 saturated carbocycles. The lowest BCUT2D eigenvalue weighted by Gasteiger charge is -2.36. The topological polar surface area (TPSA) is 70.3 Å². The average molecular weight is 305 g/mol. The first-order valence-corrected chi connectivity index (χ1v) is 7.18. The minimum Gasteiger partial charge on any atom is -0.368 e. The van der Waals surface area contributed by atoms with Gasteiger partial charge in [0.15, 0.2) is 0 Å². The summed E-state index contributed by atoms with van der Waals surface area (Å²) in [6.45, 7) is 3.65. The van der Waals surface area contributed by atoms with Gasteiger partial charge in [0.2, 0.25) is 0 Å². The number of nitrogen functional groups attached to an aromatic ring is 1. The first-order chi connectivity index (χ1) is 10.3. The molecule has 21 heavy (non-hydrogen) atoms. The van der Waals surface area contributed by atoms with Crippen molar-refractivity contribution in [3.8, 4) is 0 Å². The molecule has 1 aliphatic rings. The van der Waals surface area contributed by atoms with Crippen molar-refractivity contribution in [2.24, 2.45) is 5.84 Å². The molecule has 1 fully saturated rings. The molecule has 0 radical (unpaired) electrons. The average Bonchev–Trinajstić information content (AvgIpc) is 2.55. The number of halogens is 1. The molecule has 0 spiro atoms. The predicted octanol–water partition coefficient (Wildman–Crippen LogP) is 1.74. The molecule has 1 aromatic heterocycles. The number of anilines is 3. The molecule has 0 bridgehead atoms. The largest absolute Gasteiger partial charge is 0.368 e. The SMILES string of the molecule is NNc1cc(N2CCN(c3cccc(Cl)c3)CC2)ncn1. The Labute approximate surface area is 128 Å². The monoisotopic (exact) mass is 304 g/mol. The van der Waals surface area contributed by atoms with Crippen molar-refractivity contribution >= 4 is 28.9 Å². The van der Waals surface area contributed by atoms with Crippen LogP contribution in [-0.4, -0.2) is 36.1 Å². The molecule has 2 heterocycles. The van der Waals surface area contributed by atoms with Gasteiger partial charge in [-0.2, -0.15) is 0 Å². The standard InChI is InChI=1S/C14H17ClN6/c15-11-2-1-3-12(8-11)20-4-6-21(7-5-20)14-9-13(19-16)17-10-18-14/h1-3,8-10H,4-7,16H2,(H,17,18,19). The van der Waals surface area contributed by atoms with Crippen molar-refractivity contribution in [3.63, 3.8) is 0 Å². The van der Waals surface area contributed by atoms with Gasteiger partial charge in [0, 0.05) is 43.0 Å². The molecule has 0 amide bonds. The van der Waals surface area contributed by atoms with Crippen molar-refractivity contribution in [1.82, 2.24) is 9.97 Å². The number of nitrogens with one attached hydrogen (secondary N) is 1. The number of aromatic nitrogens is 2. The second-order valence-electron chi connectivity index (χ2n) is 4.86. The molecule has 1 aliphatic heterocycles. The zero-order valence-corrected chi connectivity index (χ0v) is 12.3. The Morgan fingerprint density at radius 3 is 2.52 bits per heavy atom. The summed E-state index contributed by atoms with van der Waals surface area (Å²) < 4.78 is 0. The molecule has 1 saturated heterocycles. The molecule has 1 aromatic carbocycles. The van der Waals surface area contributed by atoms with Gasteiger partial charge in [0.1, 0.15) is 18.0 Å². The maximum Gasteiger partial charge on any atom is 0.145 e. The third kappa shape index (κ3) is 3.17. The third-order valence-corrected chi connectivity index (χ3v) is 3.81. The van der Waals surface area contributed by atoms with Gasteiger partial charge in [-0.05, 0) is 18.2 Å². The van der Waals surface area contributed by atoms with E-state index in [4.69, 9.17) is 17.4 Å². The van der Waals surface area contributed by atoms with Crippen LogP contribution in [0.5, 0.6) is 0 Å². The summed E-state index contributed by atoms with van der Waals surface area (Å²) in [6.07, 6.45) is 1.52. The van der Waals surface area contributed by atoms with Crippen LogP contribution in [0, 0.1) is 0 Å². The summed E-state index contributed by atoms with van der Waals surface area (Å²) in [7, 11) is 0. The van der Waals surface area contributed by atoms with Crippen molar-refractivity contribution in [2.75, 3.05) is 41.4 Å². The highest BCUT2D eigenvalue weighted by molar-refractivity contribution is 6.30. The Morgan fingerprint density at radius 1 is 1.05 bits per heavy atom. The van der Waals surface area contributed by atoms with E-state index in [1.54, 1.807) is 0 Å². The second-order valence-corrected chi connectivity index (χ2v) is 5.30. The zero-order valence-electron chi connectivity index (χ0n) is 11.5. The van der Waals surface area contributed by atoms with E-state index in [0.717, 1.165) is 42.7 Å². The van der Waals surface area contributed by atoms with E-state index in [9.17, 15) is 0 Å². The van der Waals surface area contributed by atoms with Crippen LogP contribution in [0.1, 0.15) is 0 Å². The van der Waals surface area contributed by atoms with E-state index in [1.165, 1.54) is 6.33 Å². The normalized spacial score (nSPS) is 15.1. The summed E-state index contributed by atoms with van der Waals surface area (Å²) >= 11 is 6.05. The molecule has 0 atom stereocenters. The molecule has 0 aliphatic carbocycles. The van der Waals surface area contributed by atoms with Crippen LogP contribution in [0.2, 0.25) is 5.02 Å². The van der Waals surface area contributed by atoms with Gasteiger partial charge in [0.25, 0.3) is 0 Å². The van der Waals surface area contributed by atoms with Crippen LogP contribution in [0.3, 0.4) is 0 Å². The van der Waals surface area contributed by atoms with Gasteiger partial charge in [-0.3, -0.25) is 0 Å². The Kier molecular flexibility index (Phi) is 4.08. The zero-order chi connectivity index (χ0) is 14.7. The van der Waals surface area contributed by atoms with Crippen LogP contribution in [0.15, 0.2) is 36.7 Å². The lowest BCUT2D eigenvalue weighted by molar-refractivity contribution is 0.647. The Morgan fingerprint density at radius 2 is 1.81 bits per heavy atom. The summed E-state index contributed by atoms with van der Waals surface area (Å²) in [5.74, 6) is 6.90. The van der Waals surface area contributed by atoms with Crippen LogP contribution >= 0.6 is 11.6 Å². The predicted molar refractivity (Wildman–Crippen MR) is 85.7 cm³/mol. The van der Waals surface area contributed by atoms with E-state index in [1.807, 2.05) is 24.3 Å². The highest BCUT2D eigenvalue weighted by atomic mass is 35.5. The molecule has 3 rings (SSSR count). The smallest absolute Gasteiger partial charge is 0.145 e. The number of hydrogen-bond donors (Lipinski definition) is 2. The minimum absolute atomic E-state index is 0.622.